The maximum Gasteiger partial charge on any atom is 0.313 e. The summed E-state index contributed by atoms with van der Waals surface area (Å²) < 4.78 is 12.8. The summed E-state index contributed by atoms with van der Waals surface area (Å²) in [6.07, 6.45) is 1.50. The summed E-state index contributed by atoms with van der Waals surface area (Å²) in [6, 6.07) is 7.08. The van der Waals surface area contributed by atoms with Crippen molar-refractivity contribution < 1.29 is 19.4 Å². The zero-order chi connectivity index (χ0) is 21.5. The first-order chi connectivity index (χ1) is 14.3. The number of methoxy groups -OCH3 is 1. The van der Waals surface area contributed by atoms with Crippen LogP contribution in [0.25, 0.3) is 15.9 Å². The monoisotopic (exact) mass is 446 g/mol. The van der Waals surface area contributed by atoms with E-state index in [0.29, 0.717) is 39.8 Å². The highest BCUT2D eigenvalue weighted by Gasteiger charge is 2.33. The minimum Gasteiger partial charge on any atom is -0.497 e. The summed E-state index contributed by atoms with van der Waals surface area (Å²) in [5.41, 5.74) is 1.12. The number of nitrogens with zero attached hydrogens (tertiary/aromatic N) is 2. The third kappa shape index (κ3) is 3.73. The van der Waals surface area contributed by atoms with E-state index in [1.807, 2.05) is 0 Å². The molecule has 158 valence electrons. The van der Waals surface area contributed by atoms with Gasteiger partial charge in [-0.25, -0.2) is 4.98 Å². The molecular weight excluding hydrogens is 424 g/mol. The Bertz CT molecular complexity index is 1170. The summed E-state index contributed by atoms with van der Waals surface area (Å²) >= 11 is 2.49. The molecule has 0 radical (unpaired) electrons. The maximum absolute atomic E-state index is 13.7. The van der Waals surface area contributed by atoms with Crippen LogP contribution in [0.2, 0.25) is 0 Å². The van der Waals surface area contributed by atoms with Crippen molar-refractivity contribution >= 4 is 39.3 Å². The zero-order valence-electron chi connectivity index (χ0n) is 16.9. The number of aliphatic carboxylic acids is 1. The Morgan fingerprint density at radius 2 is 2.13 bits per heavy atom. The molecule has 0 fully saturated rings. The molecule has 3 heterocycles. The minimum absolute atomic E-state index is 0.184. The summed E-state index contributed by atoms with van der Waals surface area (Å²) in [6.45, 7) is 4.60. The summed E-state index contributed by atoms with van der Waals surface area (Å²) in [5, 5.41) is 10.1. The third-order valence-corrected chi connectivity index (χ3v) is 7.41. The van der Waals surface area contributed by atoms with Gasteiger partial charge in [-0.05, 0) is 43.2 Å². The molecule has 9 heteroatoms. The Balaban J connectivity index is 1.93. The molecule has 1 N–H and O–H groups in total. The van der Waals surface area contributed by atoms with Gasteiger partial charge in [0, 0.05) is 11.3 Å². The van der Waals surface area contributed by atoms with Gasteiger partial charge >= 0.3 is 5.97 Å². The zero-order valence-corrected chi connectivity index (χ0v) is 18.6. The number of hydrogen-bond acceptors (Lipinski definition) is 7. The van der Waals surface area contributed by atoms with Gasteiger partial charge < -0.3 is 14.6 Å². The lowest BCUT2D eigenvalue weighted by molar-refractivity contribution is -0.133. The lowest BCUT2D eigenvalue weighted by Gasteiger charge is -2.32. The first-order valence-electron chi connectivity index (χ1n) is 9.55. The molecule has 3 aromatic rings. The van der Waals surface area contributed by atoms with E-state index in [-0.39, 0.29) is 16.9 Å². The first-order valence-corrected chi connectivity index (χ1v) is 11.4. The predicted octanol–water partition coefficient (Wildman–Crippen LogP) is 3.87. The van der Waals surface area contributed by atoms with Crippen LogP contribution in [0, 0.1) is 0 Å². The van der Waals surface area contributed by atoms with Crippen molar-refractivity contribution in [3.8, 4) is 11.4 Å². The van der Waals surface area contributed by atoms with Crippen LogP contribution in [0.3, 0.4) is 0 Å². The number of benzene rings is 1. The molecule has 1 aliphatic heterocycles. The van der Waals surface area contributed by atoms with Gasteiger partial charge in [0.25, 0.3) is 5.56 Å². The van der Waals surface area contributed by atoms with Crippen LogP contribution >= 0.6 is 23.1 Å². The minimum atomic E-state index is -0.965. The van der Waals surface area contributed by atoms with E-state index in [9.17, 15) is 9.59 Å². The van der Waals surface area contributed by atoms with Crippen molar-refractivity contribution in [1.82, 2.24) is 9.55 Å². The molecule has 1 atom stereocenters. The quantitative estimate of drug-likeness (QED) is 0.454. The first kappa shape index (κ1) is 20.9. The van der Waals surface area contributed by atoms with Gasteiger partial charge in [-0.3, -0.25) is 14.2 Å². The van der Waals surface area contributed by atoms with Crippen LogP contribution in [-0.4, -0.2) is 39.1 Å². The van der Waals surface area contributed by atoms with E-state index in [0.717, 1.165) is 28.6 Å². The van der Waals surface area contributed by atoms with Crippen molar-refractivity contribution in [2.24, 2.45) is 0 Å². The highest BCUT2D eigenvalue weighted by Crippen LogP contribution is 2.39. The summed E-state index contributed by atoms with van der Waals surface area (Å²) in [4.78, 5) is 31.2. The van der Waals surface area contributed by atoms with Crippen molar-refractivity contribution in [1.29, 1.82) is 0 Å². The average molecular weight is 447 g/mol. The van der Waals surface area contributed by atoms with Gasteiger partial charge in [-0.1, -0.05) is 18.7 Å². The highest BCUT2D eigenvalue weighted by atomic mass is 32.2. The van der Waals surface area contributed by atoms with Crippen LogP contribution in [0.4, 0.5) is 0 Å². The SMILES string of the molecule is CC[C@@]1(C)Cc2c(sc3nc(SCC(=O)O)n(-c4ccc(OC)cc4)c(=O)c23)CO1. The normalized spacial score (nSPS) is 18.4. The van der Waals surface area contributed by atoms with Gasteiger partial charge in [0.2, 0.25) is 0 Å². The molecule has 0 saturated heterocycles. The van der Waals surface area contributed by atoms with Gasteiger partial charge in [-0.2, -0.15) is 0 Å². The molecule has 0 amide bonds. The van der Waals surface area contributed by atoms with E-state index in [1.165, 1.54) is 15.9 Å². The number of thioether (sulfide) groups is 1. The second-order valence-electron chi connectivity index (χ2n) is 7.37. The fraction of sp³-hybridized carbons (Fsp3) is 0.381. The van der Waals surface area contributed by atoms with E-state index in [1.54, 1.807) is 31.4 Å². The topological polar surface area (TPSA) is 90.6 Å². The van der Waals surface area contributed by atoms with E-state index in [2.05, 4.69) is 13.8 Å². The van der Waals surface area contributed by atoms with Crippen molar-refractivity contribution in [2.75, 3.05) is 12.9 Å². The standard InChI is InChI=1S/C21H22N2O5S2/c1-4-21(2)9-14-15(10-28-21)30-18-17(14)19(26)23(20(22-18)29-11-16(24)25)12-5-7-13(27-3)8-6-12/h5-8H,4,9-11H2,1-3H3,(H,24,25)/t21-/m0/s1. The molecule has 0 aliphatic carbocycles. The molecule has 0 spiro atoms. The highest BCUT2D eigenvalue weighted by molar-refractivity contribution is 7.99. The number of aromatic nitrogens is 2. The number of rotatable bonds is 6. The molecule has 1 aliphatic rings. The van der Waals surface area contributed by atoms with Crippen LogP contribution in [-0.2, 0) is 22.6 Å². The number of carboxylic acid groups (broad SMARTS) is 1. The number of hydrogen-bond donors (Lipinski definition) is 1. The van der Waals surface area contributed by atoms with Gasteiger partial charge in [0.15, 0.2) is 5.16 Å². The number of carbonyl (C=O) groups is 1. The number of ether oxygens (including phenoxy) is 2. The lowest BCUT2D eigenvalue weighted by Crippen LogP contribution is -2.34. The number of thiophene rings is 1. The average Bonchev–Trinajstić information content (AvgIpc) is 3.10. The van der Waals surface area contributed by atoms with Gasteiger partial charge in [0.05, 0.1) is 36.1 Å². The molecule has 0 bridgehead atoms. The maximum atomic E-state index is 13.7. The Morgan fingerprint density at radius 3 is 2.77 bits per heavy atom. The Morgan fingerprint density at radius 1 is 1.40 bits per heavy atom. The molecule has 7 nitrogen and oxygen atoms in total. The Kier molecular flexibility index (Phi) is 5.61. The van der Waals surface area contributed by atoms with E-state index < -0.39 is 5.97 Å². The van der Waals surface area contributed by atoms with Crippen molar-refractivity contribution in [2.45, 2.75) is 44.1 Å². The molecule has 0 saturated carbocycles. The molecule has 2 aromatic heterocycles. The van der Waals surface area contributed by atoms with Gasteiger partial charge in [0.1, 0.15) is 10.6 Å². The molecule has 1 aromatic carbocycles. The molecular formula is C21H22N2O5S2. The molecule has 4 rings (SSSR count). The van der Waals surface area contributed by atoms with Crippen molar-refractivity contribution in [3.63, 3.8) is 0 Å². The Hall–Kier alpha value is -2.36. The smallest absolute Gasteiger partial charge is 0.313 e. The van der Waals surface area contributed by atoms with Crippen LogP contribution in [0.15, 0.2) is 34.2 Å². The largest absolute Gasteiger partial charge is 0.497 e. The summed E-state index contributed by atoms with van der Waals surface area (Å²) in [7, 11) is 1.58. The Labute approximate surface area is 181 Å². The van der Waals surface area contributed by atoms with Crippen LogP contribution in [0.5, 0.6) is 5.75 Å². The lowest BCUT2D eigenvalue weighted by atomic mass is 9.90. The second-order valence-corrected chi connectivity index (χ2v) is 9.39. The van der Waals surface area contributed by atoms with Crippen LogP contribution in [0.1, 0.15) is 30.7 Å². The van der Waals surface area contributed by atoms with Gasteiger partial charge in [-0.15, -0.1) is 11.3 Å². The predicted molar refractivity (Wildman–Crippen MR) is 117 cm³/mol. The van der Waals surface area contributed by atoms with Crippen molar-refractivity contribution in [3.05, 3.63) is 45.1 Å². The van der Waals surface area contributed by atoms with E-state index in [4.69, 9.17) is 19.6 Å². The fourth-order valence-electron chi connectivity index (χ4n) is 3.51. The molecule has 0 unspecified atom stereocenters. The van der Waals surface area contributed by atoms with E-state index >= 15 is 0 Å². The molecule has 30 heavy (non-hydrogen) atoms. The summed E-state index contributed by atoms with van der Waals surface area (Å²) in [5.74, 6) is -0.478. The van der Waals surface area contributed by atoms with Crippen LogP contribution < -0.4 is 10.3 Å². The fourth-order valence-corrected chi connectivity index (χ4v) is 5.39. The number of fused-ring (bicyclic) bond motifs is 3. The number of carboxylic acids is 1. The third-order valence-electron chi connectivity index (χ3n) is 5.38. The second kappa shape index (κ2) is 8.05.